The Balaban J connectivity index is 2.31. The van der Waals surface area contributed by atoms with Gasteiger partial charge in [-0.15, -0.1) is 0 Å². The van der Waals surface area contributed by atoms with E-state index in [4.69, 9.17) is 0 Å². The topological polar surface area (TPSA) is 32.3 Å². The lowest BCUT2D eigenvalue weighted by atomic mass is 9.77. The van der Waals surface area contributed by atoms with Crippen molar-refractivity contribution in [2.75, 3.05) is 25.2 Å². The highest BCUT2D eigenvalue weighted by molar-refractivity contribution is 7.98. The lowest BCUT2D eigenvalue weighted by molar-refractivity contribution is 0.100. The molecule has 0 aromatic heterocycles. The zero-order chi connectivity index (χ0) is 11.1. The van der Waals surface area contributed by atoms with Crippen LogP contribution in [0.25, 0.3) is 0 Å². The Bertz CT molecular complexity index is 177. The molecule has 2 atom stereocenters. The third-order valence-corrected chi connectivity index (χ3v) is 4.12. The van der Waals surface area contributed by atoms with E-state index in [9.17, 15) is 5.11 Å². The maximum Gasteiger partial charge on any atom is 0.0613 e. The van der Waals surface area contributed by atoms with Gasteiger partial charge in [0.2, 0.25) is 0 Å². The quantitative estimate of drug-likeness (QED) is 0.688. The number of rotatable bonds is 6. The molecule has 0 heterocycles. The molecule has 1 aliphatic rings. The maximum absolute atomic E-state index is 9.55. The van der Waals surface area contributed by atoms with Gasteiger partial charge in [0.1, 0.15) is 0 Å². The van der Waals surface area contributed by atoms with Crippen LogP contribution in [0.2, 0.25) is 0 Å². The first-order chi connectivity index (χ1) is 7.22. The smallest absolute Gasteiger partial charge is 0.0613 e. The van der Waals surface area contributed by atoms with Crippen molar-refractivity contribution in [2.24, 2.45) is 5.92 Å². The first-order valence-electron chi connectivity index (χ1n) is 6.07. The van der Waals surface area contributed by atoms with Crippen LogP contribution in [0.4, 0.5) is 0 Å². The number of thioether (sulfide) groups is 1. The fourth-order valence-electron chi connectivity index (χ4n) is 2.59. The molecule has 2 nitrogen and oxygen atoms in total. The van der Waals surface area contributed by atoms with Crippen molar-refractivity contribution in [1.82, 2.24) is 5.32 Å². The Morgan fingerprint density at radius 3 is 2.93 bits per heavy atom. The molecule has 2 unspecified atom stereocenters. The van der Waals surface area contributed by atoms with Gasteiger partial charge in [-0.3, -0.25) is 0 Å². The lowest BCUT2D eigenvalue weighted by Crippen LogP contribution is -2.51. The number of hydrogen-bond donors (Lipinski definition) is 2. The van der Waals surface area contributed by atoms with Crippen LogP contribution < -0.4 is 5.32 Å². The van der Waals surface area contributed by atoms with Gasteiger partial charge < -0.3 is 10.4 Å². The van der Waals surface area contributed by atoms with E-state index in [-0.39, 0.29) is 5.54 Å². The van der Waals surface area contributed by atoms with Crippen molar-refractivity contribution >= 4 is 11.8 Å². The molecule has 0 aromatic rings. The van der Waals surface area contributed by atoms with Gasteiger partial charge >= 0.3 is 0 Å². The van der Waals surface area contributed by atoms with Crippen LogP contribution in [-0.4, -0.2) is 35.8 Å². The zero-order valence-electron chi connectivity index (χ0n) is 10.1. The summed E-state index contributed by atoms with van der Waals surface area (Å²) in [6, 6.07) is 0. The van der Waals surface area contributed by atoms with Gasteiger partial charge in [0, 0.05) is 5.54 Å². The van der Waals surface area contributed by atoms with E-state index in [1.54, 1.807) is 0 Å². The molecular weight excluding hydrogens is 206 g/mol. The highest BCUT2D eigenvalue weighted by Gasteiger charge is 2.33. The zero-order valence-corrected chi connectivity index (χ0v) is 10.9. The van der Waals surface area contributed by atoms with Crippen molar-refractivity contribution in [3.05, 3.63) is 0 Å². The van der Waals surface area contributed by atoms with Gasteiger partial charge in [-0.25, -0.2) is 0 Å². The largest absolute Gasteiger partial charge is 0.394 e. The molecule has 0 aromatic carbocycles. The SMILES string of the molecule is CSCCCNC1(CO)CCCC(C)C1. The standard InChI is InChI=1S/C12H25NOS/c1-11-5-3-6-12(9-11,10-14)13-7-4-8-15-2/h11,13-14H,3-10H2,1-2H3. The molecule has 1 fully saturated rings. The van der Waals surface area contributed by atoms with Crippen LogP contribution in [-0.2, 0) is 0 Å². The predicted molar refractivity (Wildman–Crippen MR) is 68.5 cm³/mol. The van der Waals surface area contributed by atoms with Crippen molar-refractivity contribution in [2.45, 2.75) is 44.6 Å². The van der Waals surface area contributed by atoms with Crippen LogP contribution in [0, 0.1) is 5.92 Å². The monoisotopic (exact) mass is 231 g/mol. The van der Waals surface area contributed by atoms with E-state index < -0.39 is 0 Å². The number of aliphatic hydroxyl groups is 1. The Morgan fingerprint density at radius 1 is 1.53 bits per heavy atom. The number of hydrogen-bond acceptors (Lipinski definition) is 3. The van der Waals surface area contributed by atoms with Crippen LogP contribution in [0.1, 0.15) is 39.0 Å². The second-order valence-electron chi connectivity index (χ2n) is 4.91. The summed E-state index contributed by atoms with van der Waals surface area (Å²) in [4.78, 5) is 0. The number of nitrogens with one attached hydrogen (secondary N) is 1. The molecule has 0 amide bonds. The minimum atomic E-state index is 0.0378. The summed E-state index contributed by atoms with van der Waals surface area (Å²) in [5.41, 5.74) is 0.0378. The third kappa shape index (κ3) is 4.33. The van der Waals surface area contributed by atoms with Gasteiger partial charge in [-0.2, -0.15) is 11.8 Å². The molecule has 0 saturated heterocycles. The molecule has 90 valence electrons. The first kappa shape index (κ1) is 13.3. The van der Waals surface area contributed by atoms with E-state index in [0.717, 1.165) is 25.3 Å². The molecule has 1 rings (SSSR count). The van der Waals surface area contributed by atoms with Gasteiger partial charge in [0.25, 0.3) is 0 Å². The molecule has 15 heavy (non-hydrogen) atoms. The molecule has 0 radical (unpaired) electrons. The average Bonchev–Trinajstić information content (AvgIpc) is 2.25. The molecule has 3 heteroatoms. The second-order valence-corrected chi connectivity index (χ2v) is 5.90. The van der Waals surface area contributed by atoms with Crippen LogP contribution in [0.15, 0.2) is 0 Å². The molecule has 2 N–H and O–H groups in total. The van der Waals surface area contributed by atoms with Crippen molar-refractivity contribution in [3.63, 3.8) is 0 Å². The summed E-state index contributed by atoms with van der Waals surface area (Å²) < 4.78 is 0. The summed E-state index contributed by atoms with van der Waals surface area (Å²) in [6.45, 7) is 3.65. The fraction of sp³-hybridized carbons (Fsp3) is 1.00. The molecular formula is C12H25NOS. The van der Waals surface area contributed by atoms with E-state index in [2.05, 4.69) is 18.5 Å². The van der Waals surface area contributed by atoms with E-state index in [0.29, 0.717) is 6.61 Å². The van der Waals surface area contributed by atoms with Crippen LogP contribution in [0.5, 0.6) is 0 Å². The second kappa shape index (κ2) is 6.77. The average molecular weight is 231 g/mol. The van der Waals surface area contributed by atoms with E-state index in [1.807, 2.05) is 11.8 Å². The van der Waals surface area contributed by atoms with Gasteiger partial charge in [-0.05, 0) is 43.7 Å². The Kier molecular flexibility index (Phi) is 6.02. The summed E-state index contributed by atoms with van der Waals surface area (Å²) >= 11 is 1.89. The summed E-state index contributed by atoms with van der Waals surface area (Å²) in [6.07, 6.45) is 8.23. The summed E-state index contributed by atoms with van der Waals surface area (Å²) in [5.74, 6) is 1.98. The predicted octanol–water partition coefficient (Wildman–Crippen LogP) is 2.27. The Morgan fingerprint density at radius 2 is 2.33 bits per heavy atom. The minimum Gasteiger partial charge on any atom is -0.394 e. The lowest BCUT2D eigenvalue weighted by Gasteiger charge is -2.39. The Labute approximate surface area is 98.2 Å². The minimum absolute atomic E-state index is 0.0378. The van der Waals surface area contributed by atoms with Gasteiger partial charge in [-0.1, -0.05) is 19.8 Å². The molecule has 0 aliphatic heterocycles. The summed E-state index contributed by atoms with van der Waals surface area (Å²) in [5, 5.41) is 13.1. The van der Waals surface area contributed by atoms with E-state index >= 15 is 0 Å². The molecule has 0 spiro atoms. The normalized spacial score (nSPS) is 31.8. The molecule has 1 aliphatic carbocycles. The molecule has 1 saturated carbocycles. The summed E-state index contributed by atoms with van der Waals surface area (Å²) in [7, 11) is 0. The maximum atomic E-state index is 9.55. The van der Waals surface area contributed by atoms with Crippen molar-refractivity contribution in [1.29, 1.82) is 0 Å². The third-order valence-electron chi connectivity index (χ3n) is 3.42. The molecule has 0 bridgehead atoms. The highest BCUT2D eigenvalue weighted by Crippen LogP contribution is 2.31. The van der Waals surface area contributed by atoms with Crippen LogP contribution in [0.3, 0.4) is 0 Å². The van der Waals surface area contributed by atoms with Gasteiger partial charge in [0.15, 0.2) is 0 Å². The van der Waals surface area contributed by atoms with Crippen molar-refractivity contribution < 1.29 is 5.11 Å². The Hall–Kier alpha value is 0.270. The number of aliphatic hydroxyl groups excluding tert-OH is 1. The first-order valence-corrected chi connectivity index (χ1v) is 7.47. The van der Waals surface area contributed by atoms with Crippen molar-refractivity contribution in [3.8, 4) is 0 Å². The fourth-order valence-corrected chi connectivity index (χ4v) is 3.02. The van der Waals surface area contributed by atoms with Gasteiger partial charge in [0.05, 0.1) is 6.61 Å². The highest BCUT2D eigenvalue weighted by atomic mass is 32.2. The van der Waals surface area contributed by atoms with Crippen LogP contribution >= 0.6 is 11.8 Å². The van der Waals surface area contributed by atoms with E-state index in [1.165, 1.54) is 25.0 Å².